The molecule has 0 radical (unpaired) electrons. The molecule has 0 atom stereocenters. The molecule has 0 aliphatic heterocycles. The fraction of sp³-hybridized carbons (Fsp3) is 0.389. The molecule has 9 nitrogen and oxygen atoms in total. The molecule has 0 aliphatic carbocycles. The Hall–Kier alpha value is -2.94. The van der Waals surface area contributed by atoms with Crippen molar-refractivity contribution in [1.82, 2.24) is 25.4 Å². The second-order valence-electron chi connectivity index (χ2n) is 6.57. The molecular weight excluding hydrogens is 386 g/mol. The molecule has 2 aromatic rings. The van der Waals surface area contributed by atoms with Crippen LogP contribution in [0, 0.1) is 19.8 Å². The van der Waals surface area contributed by atoms with Crippen molar-refractivity contribution in [2.45, 2.75) is 27.7 Å². The highest BCUT2D eigenvalue weighted by atomic mass is 35.5. The number of pyridine rings is 1. The zero-order valence-electron chi connectivity index (χ0n) is 16.1. The van der Waals surface area contributed by atoms with Gasteiger partial charge in [-0.25, -0.2) is 19.3 Å². The Kier molecular flexibility index (Phi) is 7.11. The monoisotopic (exact) mass is 407 g/mol. The summed E-state index contributed by atoms with van der Waals surface area (Å²) in [4.78, 5) is 39.7. The molecule has 0 saturated carbocycles. The molecule has 0 unspecified atom stereocenters. The molecule has 0 bridgehead atoms. The quantitative estimate of drug-likeness (QED) is 0.709. The third-order valence-electron chi connectivity index (χ3n) is 3.51. The van der Waals surface area contributed by atoms with Crippen molar-refractivity contribution in [3.05, 3.63) is 40.3 Å². The second kappa shape index (κ2) is 9.32. The van der Waals surface area contributed by atoms with Crippen LogP contribution in [0.2, 0.25) is 5.02 Å². The number of esters is 1. The first-order valence-corrected chi connectivity index (χ1v) is 9.00. The van der Waals surface area contributed by atoms with E-state index in [0.29, 0.717) is 12.4 Å². The van der Waals surface area contributed by atoms with Crippen LogP contribution in [0.25, 0.3) is 5.82 Å². The summed E-state index contributed by atoms with van der Waals surface area (Å²) in [7, 11) is 0. The van der Waals surface area contributed by atoms with E-state index in [1.165, 1.54) is 6.07 Å². The van der Waals surface area contributed by atoms with Gasteiger partial charge >= 0.3 is 12.0 Å². The van der Waals surface area contributed by atoms with Gasteiger partial charge in [0.25, 0.3) is 5.91 Å². The summed E-state index contributed by atoms with van der Waals surface area (Å²) in [5.41, 5.74) is 1.48. The van der Waals surface area contributed by atoms with Crippen molar-refractivity contribution >= 4 is 29.5 Å². The van der Waals surface area contributed by atoms with Gasteiger partial charge in [-0.2, -0.15) is 5.10 Å². The molecule has 0 aliphatic rings. The van der Waals surface area contributed by atoms with E-state index in [1.54, 1.807) is 10.7 Å². The van der Waals surface area contributed by atoms with Crippen LogP contribution in [0.3, 0.4) is 0 Å². The van der Waals surface area contributed by atoms with E-state index >= 15 is 0 Å². The number of carbonyl (C=O) groups is 3. The van der Waals surface area contributed by atoms with Crippen LogP contribution in [0.15, 0.2) is 18.2 Å². The number of nitrogens with one attached hydrogen (secondary N) is 2. The summed E-state index contributed by atoms with van der Waals surface area (Å²) in [6.45, 7) is 7.29. The number of imide groups is 1. The fourth-order valence-electron chi connectivity index (χ4n) is 2.26. The molecule has 28 heavy (non-hydrogen) atoms. The smallest absolute Gasteiger partial charge is 0.359 e. The van der Waals surface area contributed by atoms with Crippen molar-refractivity contribution in [2.24, 2.45) is 5.92 Å². The summed E-state index contributed by atoms with van der Waals surface area (Å²) in [6.07, 6.45) is 0. The Morgan fingerprint density at radius 3 is 2.57 bits per heavy atom. The van der Waals surface area contributed by atoms with Gasteiger partial charge in [0.2, 0.25) is 0 Å². The topological polar surface area (TPSA) is 115 Å². The van der Waals surface area contributed by atoms with Gasteiger partial charge in [-0.3, -0.25) is 10.1 Å². The van der Waals surface area contributed by atoms with Crippen LogP contribution >= 0.6 is 11.6 Å². The maximum absolute atomic E-state index is 12.3. The molecule has 10 heteroatoms. The Labute approximate surface area is 167 Å². The van der Waals surface area contributed by atoms with Gasteiger partial charge in [0, 0.05) is 12.2 Å². The lowest BCUT2D eigenvalue weighted by Gasteiger charge is -2.10. The first kappa shape index (κ1) is 21.4. The third kappa shape index (κ3) is 5.78. The van der Waals surface area contributed by atoms with Gasteiger partial charge in [0.05, 0.1) is 10.7 Å². The number of ether oxygens (including phenoxy) is 1. The van der Waals surface area contributed by atoms with Crippen molar-refractivity contribution in [2.75, 3.05) is 13.2 Å². The zero-order chi connectivity index (χ0) is 20.8. The lowest BCUT2D eigenvalue weighted by Crippen LogP contribution is -2.42. The SMILES string of the molecule is Cc1cc(C)n(-c2ccc(Cl)c(C(=O)OCC(=O)NC(=O)NCC(C)C)n2)n1. The van der Waals surface area contributed by atoms with Gasteiger partial charge in [-0.1, -0.05) is 25.4 Å². The average Bonchev–Trinajstić information content (AvgIpc) is 2.96. The van der Waals surface area contributed by atoms with E-state index in [1.807, 2.05) is 33.8 Å². The highest BCUT2D eigenvalue weighted by Crippen LogP contribution is 2.18. The van der Waals surface area contributed by atoms with E-state index in [0.717, 1.165) is 11.4 Å². The van der Waals surface area contributed by atoms with E-state index in [4.69, 9.17) is 16.3 Å². The largest absolute Gasteiger partial charge is 0.451 e. The molecule has 3 amide bonds. The first-order chi connectivity index (χ1) is 13.2. The van der Waals surface area contributed by atoms with Gasteiger partial charge < -0.3 is 10.1 Å². The molecule has 2 rings (SSSR count). The van der Waals surface area contributed by atoms with Crippen LogP contribution < -0.4 is 10.6 Å². The van der Waals surface area contributed by atoms with Crippen molar-refractivity contribution in [1.29, 1.82) is 0 Å². The maximum atomic E-state index is 12.3. The van der Waals surface area contributed by atoms with Gasteiger partial charge in [-0.05, 0) is 38.0 Å². The molecule has 2 aromatic heterocycles. The highest BCUT2D eigenvalue weighted by Gasteiger charge is 2.18. The maximum Gasteiger partial charge on any atom is 0.359 e. The van der Waals surface area contributed by atoms with E-state index < -0.39 is 24.5 Å². The summed E-state index contributed by atoms with van der Waals surface area (Å²) >= 11 is 6.04. The molecule has 2 N–H and O–H groups in total. The molecule has 0 spiro atoms. The van der Waals surface area contributed by atoms with E-state index in [-0.39, 0.29) is 16.6 Å². The zero-order valence-corrected chi connectivity index (χ0v) is 16.8. The number of amides is 3. The summed E-state index contributed by atoms with van der Waals surface area (Å²) in [5, 5.41) is 8.96. The summed E-state index contributed by atoms with van der Waals surface area (Å²) in [6, 6.07) is 4.32. The van der Waals surface area contributed by atoms with Crippen molar-refractivity contribution in [3.63, 3.8) is 0 Å². The minimum absolute atomic E-state index is 0.0744. The minimum atomic E-state index is -0.883. The van der Waals surface area contributed by atoms with Gasteiger partial charge in [-0.15, -0.1) is 0 Å². The van der Waals surface area contributed by atoms with Crippen LogP contribution in [0.5, 0.6) is 0 Å². The number of rotatable bonds is 6. The minimum Gasteiger partial charge on any atom is -0.451 e. The first-order valence-electron chi connectivity index (χ1n) is 8.62. The predicted molar refractivity (Wildman–Crippen MR) is 103 cm³/mol. The van der Waals surface area contributed by atoms with Crippen LogP contribution in [-0.2, 0) is 9.53 Å². The van der Waals surface area contributed by atoms with Crippen LogP contribution in [0.4, 0.5) is 4.79 Å². The van der Waals surface area contributed by atoms with Gasteiger partial charge in [0.15, 0.2) is 18.1 Å². The Morgan fingerprint density at radius 1 is 1.25 bits per heavy atom. The highest BCUT2D eigenvalue weighted by molar-refractivity contribution is 6.33. The Bertz CT molecular complexity index is 894. The molecule has 0 saturated heterocycles. The normalized spacial score (nSPS) is 10.6. The molecule has 0 aromatic carbocycles. The van der Waals surface area contributed by atoms with Gasteiger partial charge in [0.1, 0.15) is 0 Å². The van der Waals surface area contributed by atoms with E-state index in [2.05, 4.69) is 20.7 Å². The van der Waals surface area contributed by atoms with Crippen molar-refractivity contribution in [3.8, 4) is 5.82 Å². The van der Waals surface area contributed by atoms with Crippen LogP contribution in [0.1, 0.15) is 35.7 Å². The number of urea groups is 1. The number of aryl methyl sites for hydroxylation is 2. The lowest BCUT2D eigenvalue weighted by atomic mass is 10.2. The fourth-order valence-corrected chi connectivity index (χ4v) is 2.44. The molecule has 0 fully saturated rings. The standard InChI is InChI=1S/C18H22ClN5O4/c1-10(2)8-20-18(27)22-15(25)9-28-17(26)16-13(19)5-6-14(21-16)24-12(4)7-11(3)23-24/h5-7,10H,8-9H2,1-4H3,(H2,20,22,25,27). The number of nitrogens with zero attached hydrogens (tertiary/aromatic N) is 3. The molecular formula is C18H22ClN5O4. The summed E-state index contributed by atoms with van der Waals surface area (Å²) in [5.74, 6) is -1.02. The number of halogens is 1. The number of hydrogen-bond acceptors (Lipinski definition) is 6. The van der Waals surface area contributed by atoms with E-state index in [9.17, 15) is 14.4 Å². The Balaban J connectivity index is 2.00. The number of carbonyl (C=O) groups excluding carboxylic acids is 3. The number of hydrogen-bond donors (Lipinski definition) is 2. The molecule has 2 heterocycles. The predicted octanol–water partition coefficient (Wildman–Crippen LogP) is 2.18. The van der Waals surface area contributed by atoms with Crippen LogP contribution in [-0.4, -0.2) is 45.8 Å². The average molecular weight is 408 g/mol. The van der Waals surface area contributed by atoms with Crippen molar-refractivity contribution < 1.29 is 19.1 Å². The summed E-state index contributed by atoms with van der Waals surface area (Å²) < 4.78 is 6.48. The molecule has 150 valence electrons. The third-order valence-corrected chi connectivity index (χ3v) is 3.81. The lowest BCUT2D eigenvalue weighted by molar-refractivity contribution is -0.123. The Morgan fingerprint density at radius 2 is 1.96 bits per heavy atom. The second-order valence-corrected chi connectivity index (χ2v) is 6.97. The number of aromatic nitrogens is 3.